The van der Waals surface area contributed by atoms with Crippen LogP contribution in [0.4, 0.5) is 0 Å². The highest BCUT2D eigenvalue weighted by Gasteiger charge is 2.04. The molecular formula is C11H9NO2. The molecule has 0 unspecified atom stereocenters. The molecule has 2 rings (SSSR count). The molecule has 0 amide bonds. The molecule has 0 aliphatic rings. The van der Waals surface area contributed by atoms with Crippen LogP contribution in [0.2, 0.25) is 0 Å². The average molecular weight is 187 g/mol. The Kier molecular flexibility index (Phi) is 2.17. The molecule has 0 radical (unpaired) electrons. The minimum absolute atomic E-state index is 0.327. The Balaban J connectivity index is 2.57. The van der Waals surface area contributed by atoms with Crippen LogP contribution in [0.15, 0.2) is 33.7 Å². The Morgan fingerprint density at radius 3 is 3.14 bits per heavy atom. The van der Waals surface area contributed by atoms with Crippen molar-refractivity contribution in [1.82, 2.24) is 0 Å². The summed E-state index contributed by atoms with van der Waals surface area (Å²) in [4.78, 5) is 13.5. The van der Waals surface area contributed by atoms with Gasteiger partial charge in [0, 0.05) is 10.9 Å². The summed E-state index contributed by atoms with van der Waals surface area (Å²) in [6.45, 7) is 2.22. The van der Waals surface area contributed by atoms with Crippen molar-refractivity contribution in [3.8, 4) is 0 Å². The molecule has 0 fully saturated rings. The largest absolute Gasteiger partial charge is 0.461 e. The molecule has 0 aliphatic heterocycles. The van der Waals surface area contributed by atoms with E-state index in [4.69, 9.17) is 4.42 Å². The molecule has 2 aromatic rings. The molecule has 0 spiro atoms. The van der Waals surface area contributed by atoms with E-state index in [0.717, 1.165) is 22.3 Å². The summed E-state index contributed by atoms with van der Waals surface area (Å²) < 4.78 is 5.51. The highest BCUT2D eigenvalue weighted by atomic mass is 16.3. The molecule has 3 nitrogen and oxygen atoms in total. The number of isocyanates is 1. The molecule has 1 aromatic carbocycles. The van der Waals surface area contributed by atoms with Gasteiger partial charge in [-0.3, -0.25) is 0 Å². The van der Waals surface area contributed by atoms with Gasteiger partial charge in [0.15, 0.2) is 0 Å². The number of para-hydroxylation sites is 1. The minimum atomic E-state index is 0.327. The van der Waals surface area contributed by atoms with E-state index >= 15 is 0 Å². The van der Waals surface area contributed by atoms with Crippen molar-refractivity contribution in [3.05, 3.63) is 35.6 Å². The topological polar surface area (TPSA) is 42.6 Å². The fraction of sp³-hybridized carbons (Fsp3) is 0.182. The molecule has 0 atom stereocenters. The molecule has 1 heterocycles. The number of furan rings is 1. The maximum atomic E-state index is 10.00. The van der Waals surface area contributed by atoms with Gasteiger partial charge in [-0.05, 0) is 13.0 Å². The molecular weight excluding hydrogens is 178 g/mol. The summed E-state index contributed by atoms with van der Waals surface area (Å²) >= 11 is 0. The van der Waals surface area contributed by atoms with Gasteiger partial charge < -0.3 is 4.42 Å². The number of aryl methyl sites for hydroxylation is 1. The second-order valence-corrected chi connectivity index (χ2v) is 3.10. The van der Waals surface area contributed by atoms with E-state index in [1.807, 2.05) is 31.2 Å². The van der Waals surface area contributed by atoms with Crippen molar-refractivity contribution in [1.29, 1.82) is 0 Å². The quantitative estimate of drug-likeness (QED) is 0.535. The predicted octanol–water partition coefficient (Wildman–Crippen LogP) is 2.58. The number of hydrogen-bond donors (Lipinski definition) is 0. The van der Waals surface area contributed by atoms with Gasteiger partial charge >= 0.3 is 0 Å². The minimum Gasteiger partial charge on any atom is -0.461 e. The number of hydrogen-bond acceptors (Lipinski definition) is 3. The summed E-state index contributed by atoms with van der Waals surface area (Å²) in [6, 6.07) is 7.75. The van der Waals surface area contributed by atoms with Gasteiger partial charge in [0.05, 0.1) is 6.54 Å². The van der Waals surface area contributed by atoms with Crippen LogP contribution in [0.5, 0.6) is 0 Å². The molecule has 0 bridgehead atoms. The highest BCUT2D eigenvalue weighted by Crippen LogP contribution is 2.22. The third-order valence-corrected chi connectivity index (χ3v) is 2.06. The Bertz CT molecular complexity index is 507. The zero-order valence-electron chi connectivity index (χ0n) is 7.78. The zero-order chi connectivity index (χ0) is 9.97. The van der Waals surface area contributed by atoms with Gasteiger partial charge in [0.2, 0.25) is 6.08 Å². The molecule has 70 valence electrons. The number of aliphatic imine (C=N–C) groups is 1. The molecule has 0 N–H and O–H groups in total. The normalized spacial score (nSPS) is 10.1. The Labute approximate surface area is 81.1 Å². The van der Waals surface area contributed by atoms with Gasteiger partial charge in [-0.15, -0.1) is 0 Å². The van der Waals surface area contributed by atoms with Crippen molar-refractivity contribution in [2.45, 2.75) is 13.5 Å². The van der Waals surface area contributed by atoms with Gasteiger partial charge in [0.1, 0.15) is 11.3 Å². The summed E-state index contributed by atoms with van der Waals surface area (Å²) in [7, 11) is 0. The van der Waals surface area contributed by atoms with E-state index in [9.17, 15) is 4.79 Å². The first kappa shape index (κ1) is 8.73. The van der Waals surface area contributed by atoms with Crippen molar-refractivity contribution in [2.75, 3.05) is 0 Å². The Morgan fingerprint density at radius 1 is 1.50 bits per heavy atom. The van der Waals surface area contributed by atoms with Crippen molar-refractivity contribution < 1.29 is 9.21 Å². The first-order chi connectivity index (χ1) is 6.81. The molecule has 14 heavy (non-hydrogen) atoms. The van der Waals surface area contributed by atoms with Crippen LogP contribution in [0.3, 0.4) is 0 Å². The first-order valence-corrected chi connectivity index (χ1v) is 4.33. The van der Waals surface area contributed by atoms with E-state index in [1.165, 1.54) is 6.08 Å². The van der Waals surface area contributed by atoms with E-state index in [-0.39, 0.29) is 0 Å². The van der Waals surface area contributed by atoms with Gasteiger partial charge in [0.25, 0.3) is 0 Å². The lowest BCUT2D eigenvalue weighted by molar-refractivity contribution is 0.562. The zero-order valence-corrected chi connectivity index (χ0v) is 7.78. The second kappa shape index (κ2) is 3.48. The number of nitrogens with zero attached hydrogens (tertiary/aromatic N) is 1. The number of carbonyl (C=O) groups excluding carboxylic acids is 1. The van der Waals surface area contributed by atoms with Crippen LogP contribution in [0, 0.1) is 6.92 Å². The smallest absolute Gasteiger partial charge is 0.235 e. The molecule has 0 saturated carbocycles. The fourth-order valence-electron chi connectivity index (χ4n) is 1.49. The van der Waals surface area contributed by atoms with Crippen LogP contribution < -0.4 is 0 Å². The van der Waals surface area contributed by atoms with E-state index in [0.29, 0.717) is 6.54 Å². The van der Waals surface area contributed by atoms with Crippen LogP contribution >= 0.6 is 0 Å². The molecule has 3 heteroatoms. The number of benzene rings is 1. The first-order valence-electron chi connectivity index (χ1n) is 4.33. The molecule has 1 aromatic heterocycles. The van der Waals surface area contributed by atoms with Crippen LogP contribution in [-0.2, 0) is 11.3 Å². The lowest BCUT2D eigenvalue weighted by Gasteiger charge is -1.95. The summed E-state index contributed by atoms with van der Waals surface area (Å²) in [5.41, 5.74) is 1.72. The van der Waals surface area contributed by atoms with E-state index < -0.39 is 0 Å². The monoisotopic (exact) mass is 187 g/mol. The standard InChI is InChI=1S/C11H9NO2/c1-8-5-9-3-2-4-10(6-12-7-13)11(9)14-8/h2-5H,6H2,1H3. The second-order valence-electron chi connectivity index (χ2n) is 3.10. The van der Waals surface area contributed by atoms with Crippen molar-refractivity contribution in [3.63, 3.8) is 0 Å². The third-order valence-electron chi connectivity index (χ3n) is 2.06. The third kappa shape index (κ3) is 1.45. The van der Waals surface area contributed by atoms with Gasteiger partial charge in [-0.25, -0.2) is 9.79 Å². The van der Waals surface area contributed by atoms with E-state index in [1.54, 1.807) is 0 Å². The number of rotatable bonds is 2. The Hall–Kier alpha value is -1.86. The Morgan fingerprint density at radius 2 is 2.36 bits per heavy atom. The van der Waals surface area contributed by atoms with Crippen molar-refractivity contribution in [2.24, 2.45) is 4.99 Å². The summed E-state index contributed by atoms with van der Waals surface area (Å²) in [6.07, 6.45) is 1.52. The van der Waals surface area contributed by atoms with Crippen LogP contribution in [0.1, 0.15) is 11.3 Å². The van der Waals surface area contributed by atoms with Gasteiger partial charge in [-0.2, -0.15) is 0 Å². The SMILES string of the molecule is Cc1cc2cccc(CN=C=O)c2o1. The molecule has 0 aliphatic carbocycles. The van der Waals surface area contributed by atoms with Gasteiger partial charge in [-0.1, -0.05) is 18.2 Å². The lowest BCUT2D eigenvalue weighted by Crippen LogP contribution is -1.80. The summed E-state index contributed by atoms with van der Waals surface area (Å²) in [5, 5.41) is 1.04. The van der Waals surface area contributed by atoms with Crippen LogP contribution in [0.25, 0.3) is 11.0 Å². The summed E-state index contributed by atoms with van der Waals surface area (Å²) in [5.74, 6) is 0.863. The lowest BCUT2D eigenvalue weighted by atomic mass is 10.1. The number of fused-ring (bicyclic) bond motifs is 1. The van der Waals surface area contributed by atoms with Crippen molar-refractivity contribution >= 4 is 17.0 Å². The van der Waals surface area contributed by atoms with Crippen LogP contribution in [-0.4, -0.2) is 6.08 Å². The fourth-order valence-corrected chi connectivity index (χ4v) is 1.49. The molecule has 0 saturated heterocycles. The predicted molar refractivity (Wildman–Crippen MR) is 52.8 cm³/mol. The van der Waals surface area contributed by atoms with E-state index in [2.05, 4.69) is 4.99 Å². The highest BCUT2D eigenvalue weighted by molar-refractivity contribution is 5.81. The maximum absolute atomic E-state index is 10.00. The maximum Gasteiger partial charge on any atom is 0.235 e. The average Bonchev–Trinajstić information content (AvgIpc) is 2.55.